The highest BCUT2D eigenvalue weighted by Crippen LogP contribution is 2.53. The van der Waals surface area contributed by atoms with E-state index in [1.165, 1.54) is 5.56 Å². The SMILES string of the molecule is CN1C(=O)[C@@H](N)C2CC2c2cccnc21. The van der Waals surface area contributed by atoms with E-state index in [0.29, 0.717) is 11.8 Å². The zero-order valence-corrected chi connectivity index (χ0v) is 8.55. The van der Waals surface area contributed by atoms with Gasteiger partial charge in [0.25, 0.3) is 0 Å². The van der Waals surface area contributed by atoms with Crippen molar-refractivity contribution in [3.8, 4) is 0 Å². The third-order valence-electron chi connectivity index (χ3n) is 3.45. The maximum absolute atomic E-state index is 11.9. The molecule has 15 heavy (non-hydrogen) atoms. The number of carbonyl (C=O) groups excluding carboxylic acids is 1. The van der Waals surface area contributed by atoms with Gasteiger partial charge in [0.2, 0.25) is 5.91 Å². The number of nitrogens with two attached hydrogens (primary N) is 1. The van der Waals surface area contributed by atoms with E-state index in [2.05, 4.69) is 11.1 Å². The van der Waals surface area contributed by atoms with Crippen LogP contribution in [0.5, 0.6) is 0 Å². The number of aromatic nitrogens is 1. The van der Waals surface area contributed by atoms with Gasteiger partial charge in [0.15, 0.2) is 0 Å². The Hall–Kier alpha value is -1.42. The van der Waals surface area contributed by atoms with Crippen LogP contribution in [-0.4, -0.2) is 24.0 Å². The molecule has 1 saturated carbocycles. The lowest BCUT2D eigenvalue weighted by molar-refractivity contribution is -0.119. The van der Waals surface area contributed by atoms with E-state index in [4.69, 9.17) is 5.73 Å². The van der Waals surface area contributed by atoms with Crippen LogP contribution in [0.1, 0.15) is 17.9 Å². The lowest BCUT2D eigenvalue weighted by Gasteiger charge is -2.19. The molecule has 0 aromatic carbocycles. The van der Waals surface area contributed by atoms with Gasteiger partial charge in [-0.05, 0) is 29.9 Å². The average molecular weight is 203 g/mol. The lowest BCUT2D eigenvalue weighted by atomic mass is 10.1. The molecule has 1 aromatic heterocycles. The Morgan fingerprint density at radius 2 is 2.40 bits per heavy atom. The Balaban J connectivity index is 2.14. The van der Waals surface area contributed by atoms with Crippen molar-refractivity contribution >= 4 is 11.7 Å². The van der Waals surface area contributed by atoms with E-state index in [1.807, 2.05) is 6.07 Å². The third-order valence-corrected chi connectivity index (χ3v) is 3.45. The third kappa shape index (κ3) is 1.11. The quantitative estimate of drug-likeness (QED) is 0.667. The van der Waals surface area contributed by atoms with Crippen molar-refractivity contribution in [2.45, 2.75) is 18.4 Å². The summed E-state index contributed by atoms with van der Waals surface area (Å²) in [5.74, 6) is 1.53. The van der Waals surface area contributed by atoms with Gasteiger partial charge in [-0.1, -0.05) is 6.07 Å². The molecule has 1 aliphatic carbocycles. The molecule has 0 saturated heterocycles. The van der Waals surface area contributed by atoms with Crippen LogP contribution in [0.3, 0.4) is 0 Å². The number of rotatable bonds is 0. The van der Waals surface area contributed by atoms with Crippen LogP contribution in [-0.2, 0) is 4.79 Å². The second-order valence-corrected chi connectivity index (χ2v) is 4.35. The summed E-state index contributed by atoms with van der Waals surface area (Å²) in [6.45, 7) is 0. The van der Waals surface area contributed by atoms with Crippen molar-refractivity contribution in [1.29, 1.82) is 0 Å². The first kappa shape index (κ1) is 8.85. The van der Waals surface area contributed by atoms with Gasteiger partial charge in [-0.15, -0.1) is 0 Å². The predicted molar refractivity (Wildman–Crippen MR) is 56.5 cm³/mol. The molecule has 1 fully saturated rings. The Morgan fingerprint density at radius 3 is 3.20 bits per heavy atom. The number of carbonyl (C=O) groups is 1. The molecule has 2 aliphatic rings. The monoisotopic (exact) mass is 203 g/mol. The van der Waals surface area contributed by atoms with Crippen molar-refractivity contribution in [1.82, 2.24) is 4.98 Å². The standard InChI is InChI=1S/C11H13N3O/c1-14-10-6(3-2-4-13-10)7-5-8(7)9(12)11(14)15/h2-4,7-9H,5,12H2,1H3/t7?,8?,9-/m0/s1. The molecule has 1 aromatic rings. The minimum absolute atomic E-state index is 0.0139. The zero-order valence-electron chi connectivity index (χ0n) is 8.55. The minimum Gasteiger partial charge on any atom is -0.320 e. The molecule has 0 bridgehead atoms. The number of hydrogen-bond acceptors (Lipinski definition) is 3. The topological polar surface area (TPSA) is 59.2 Å². The van der Waals surface area contributed by atoms with Gasteiger partial charge in [0.1, 0.15) is 5.82 Å². The van der Waals surface area contributed by atoms with Gasteiger partial charge in [0, 0.05) is 13.2 Å². The van der Waals surface area contributed by atoms with Gasteiger partial charge in [-0.3, -0.25) is 9.69 Å². The molecule has 1 amide bonds. The Labute approximate surface area is 88.1 Å². The highest BCUT2D eigenvalue weighted by atomic mass is 16.2. The van der Waals surface area contributed by atoms with Crippen LogP contribution >= 0.6 is 0 Å². The van der Waals surface area contributed by atoms with Crippen molar-refractivity contribution in [3.63, 3.8) is 0 Å². The summed E-state index contributed by atoms with van der Waals surface area (Å²) < 4.78 is 0. The second-order valence-electron chi connectivity index (χ2n) is 4.35. The summed E-state index contributed by atoms with van der Waals surface area (Å²) in [6, 6.07) is 3.62. The number of amides is 1. The summed E-state index contributed by atoms with van der Waals surface area (Å²) in [4.78, 5) is 17.8. The fourth-order valence-electron chi connectivity index (χ4n) is 2.46. The molecule has 4 heteroatoms. The highest BCUT2D eigenvalue weighted by molar-refractivity contribution is 5.98. The first-order valence-electron chi connectivity index (χ1n) is 5.18. The molecule has 2 heterocycles. The first-order chi connectivity index (χ1) is 7.20. The van der Waals surface area contributed by atoms with E-state index in [1.54, 1.807) is 18.1 Å². The molecule has 2 N–H and O–H groups in total. The molecule has 0 spiro atoms. The Kier molecular flexibility index (Phi) is 1.65. The predicted octanol–water partition coefficient (Wildman–Crippen LogP) is 0.489. The number of nitrogens with zero attached hydrogens (tertiary/aromatic N) is 2. The number of pyridine rings is 1. The van der Waals surface area contributed by atoms with Crippen molar-refractivity contribution in [2.24, 2.45) is 11.7 Å². The van der Waals surface area contributed by atoms with Crippen LogP contribution in [0, 0.1) is 5.92 Å². The Bertz CT molecular complexity index is 432. The number of likely N-dealkylation sites (N-methyl/N-ethyl adjacent to an activating group) is 1. The number of fused-ring (bicyclic) bond motifs is 3. The van der Waals surface area contributed by atoms with E-state index in [0.717, 1.165) is 12.2 Å². The number of hydrogen-bond donors (Lipinski definition) is 1. The van der Waals surface area contributed by atoms with E-state index < -0.39 is 0 Å². The van der Waals surface area contributed by atoms with Crippen molar-refractivity contribution in [2.75, 3.05) is 11.9 Å². The molecule has 4 nitrogen and oxygen atoms in total. The maximum atomic E-state index is 11.9. The molecular formula is C11H13N3O. The van der Waals surface area contributed by atoms with Gasteiger partial charge in [-0.25, -0.2) is 4.98 Å². The minimum atomic E-state index is -0.353. The fourth-order valence-corrected chi connectivity index (χ4v) is 2.46. The van der Waals surface area contributed by atoms with Crippen LogP contribution in [0.25, 0.3) is 0 Å². The molecule has 0 radical (unpaired) electrons. The van der Waals surface area contributed by atoms with E-state index in [9.17, 15) is 4.79 Å². The van der Waals surface area contributed by atoms with Gasteiger partial charge < -0.3 is 5.73 Å². The molecule has 3 atom stereocenters. The Morgan fingerprint density at radius 1 is 1.60 bits per heavy atom. The van der Waals surface area contributed by atoms with E-state index in [-0.39, 0.29) is 11.9 Å². The zero-order chi connectivity index (χ0) is 10.6. The average Bonchev–Trinajstić information content (AvgIpc) is 3.05. The number of anilines is 1. The van der Waals surface area contributed by atoms with Gasteiger partial charge in [0.05, 0.1) is 6.04 Å². The first-order valence-corrected chi connectivity index (χ1v) is 5.18. The molecule has 2 unspecified atom stereocenters. The lowest BCUT2D eigenvalue weighted by Crippen LogP contribution is -2.42. The molecular weight excluding hydrogens is 190 g/mol. The van der Waals surface area contributed by atoms with Crippen molar-refractivity contribution in [3.05, 3.63) is 23.9 Å². The van der Waals surface area contributed by atoms with Crippen LogP contribution in [0.15, 0.2) is 18.3 Å². The fraction of sp³-hybridized carbons (Fsp3) is 0.455. The van der Waals surface area contributed by atoms with Crippen molar-refractivity contribution < 1.29 is 4.79 Å². The van der Waals surface area contributed by atoms with Crippen LogP contribution < -0.4 is 10.6 Å². The van der Waals surface area contributed by atoms with Crippen LogP contribution in [0.2, 0.25) is 0 Å². The summed E-state index contributed by atoms with van der Waals surface area (Å²) in [7, 11) is 1.75. The molecule has 3 rings (SSSR count). The maximum Gasteiger partial charge on any atom is 0.245 e. The smallest absolute Gasteiger partial charge is 0.245 e. The summed E-state index contributed by atoms with van der Waals surface area (Å²) in [5, 5.41) is 0. The van der Waals surface area contributed by atoms with E-state index >= 15 is 0 Å². The molecule has 78 valence electrons. The summed E-state index contributed by atoms with van der Waals surface area (Å²) in [6.07, 6.45) is 2.75. The second kappa shape index (κ2) is 2.79. The summed E-state index contributed by atoms with van der Waals surface area (Å²) in [5.41, 5.74) is 7.09. The highest BCUT2D eigenvalue weighted by Gasteiger charge is 2.50. The van der Waals surface area contributed by atoms with Crippen LogP contribution in [0.4, 0.5) is 5.82 Å². The van der Waals surface area contributed by atoms with Gasteiger partial charge >= 0.3 is 0 Å². The normalized spacial score (nSPS) is 33.1. The van der Waals surface area contributed by atoms with Gasteiger partial charge in [-0.2, -0.15) is 0 Å². The largest absolute Gasteiger partial charge is 0.320 e. The summed E-state index contributed by atoms with van der Waals surface area (Å²) >= 11 is 0. The molecule has 1 aliphatic heterocycles.